The maximum absolute atomic E-state index is 14.4. The molecule has 1 saturated carbocycles. The van der Waals surface area contributed by atoms with Crippen LogP contribution in [0.3, 0.4) is 0 Å². The molecule has 0 radical (unpaired) electrons. The number of aromatic nitrogens is 2. The molecule has 4 aromatic rings. The smallest absolute Gasteiger partial charge is 0.253 e. The molecule has 75 heavy (non-hydrogen) atoms. The number of hydrogen-bond donors (Lipinski definition) is 4. The molecule has 2 aromatic carbocycles. The maximum atomic E-state index is 14.4. The monoisotopic (exact) mass is 1040 g/mol. The van der Waals surface area contributed by atoms with Gasteiger partial charge in [0.25, 0.3) is 11.8 Å². The number of pyridine rings is 1. The summed E-state index contributed by atoms with van der Waals surface area (Å²) in [5, 5.41) is 19.9. The van der Waals surface area contributed by atoms with Crippen LogP contribution >= 0.6 is 11.3 Å². The van der Waals surface area contributed by atoms with E-state index in [4.69, 9.17) is 0 Å². The van der Waals surface area contributed by atoms with Gasteiger partial charge in [-0.15, -0.1) is 11.3 Å². The van der Waals surface area contributed by atoms with Gasteiger partial charge in [-0.25, -0.2) is 4.98 Å². The van der Waals surface area contributed by atoms with Crippen LogP contribution in [-0.2, 0) is 19.2 Å². The number of benzene rings is 2. The number of nitrogens with one attached hydrogen (secondary N) is 3. The highest BCUT2D eigenvalue weighted by atomic mass is 32.1. The number of carbonyl (C=O) groups excluding carboxylic acids is 6. The molecule has 0 unspecified atom stereocenters. The van der Waals surface area contributed by atoms with Crippen molar-refractivity contribution in [1.29, 1.82) is 0 Å². The number of unbranched alkanes of at least 4 members (excludes halogenated alkanes) is 1. The van der Waals surface area contributed by atoms with Crippen molar-refractivity contribution in [2.75, 3.05) is 39.3 Å². The van der Waals surface area contributed by atoms with E-state index in [0.29, 0.717) is 62.6 Å². The molecule has 16 heteroatoms. The zero-order chi connectivity index (χ0) is 53.3. The Kier molecular flexibility index (Phi) is 18.0. The number of aryl methyl sites for hydroxylation is 1. The van der Waals surface area contributed by atoms with Crippen molar-refractivity contribution in [1.82, 2.24) is 40.6 Å². The van der Waals surface area contributed by atoms with Crippen molar-refractivity contribution in [2.24, 2.45) is 22.7 Å². The van der Waals surface area contributed by atoms with E-state index in [9.17, 15) is 33.9 Å². The molecular formula is C59H76N8O7S. The van der Waals surface area contributed by atoms with Crippen molar-refractivity contribution in [3.05, 3.63) is 113 Å². The highest BCUT2D eigenvalue weighted by molar-refractivity contribution is 7.13. The normalized spacial score (nSPS) is 20.2. The zero-order valence-corrected chi connectivity index (χ0v) is 45.2. The minimum absolute atomic E-state index is 0.00812. The SMILES string of the molecule is Cc1ncsc1-c1ccc([C@H](C)NC(=O)[C@@H]2C[C@@H](O)CN2C(=O)[C@@H](NC(=O)C2CCC3(CC2)CCN(C(=O)c2ccc(C(=O)N4CCC(CCCCNC(=O)/C=C/c5cccnc5)CC4)cc2)CC3)C(C)(C)C)cc1. The summed E-state index contributed by atoms with van der Waals surface area (Å²) in [4.78, 5) is 96.4. The lowest BCUT2D eigenvalue weighted by atomic mass is 9.65. The molecule has 4 atom stereocenters. The second kappa shape index (κ2) is 24.6. The molecule has 2 aromatic heterocycles. The molecule has 4 aliphatic rings. The molecule has 0 bridgehead atoms. The molecule has 4 N–H and O–H groups in total. The van der Waals surface area contributed by atoms with Gasteiger partial charge in [-0.3, -0.25) is 33.8 Å². The standard InChI is InChI=1S/C59H76N8O7S/c1-39(43-12-14-44(15-13-43)51-40(2)62-38-75-51)63-54(71)49-35-48(68)37-67(49)57(74)52(58(3,4)5)64-53(70)45-21-25-59(26-22-45)27-33-66(34-28-59)56(73)47-18-16-46(17-19-47)55(72)65-31-23-41(24-32-65)9-6-7-30-61-50(69)20-11-42-10-8-29-60-36-42/h8,10-20,29,36,38-39,41,45,48-49,52,68H,6-7,9,21-28,30-35,37H2,1-5H3,(H,61,69)(H,63,71)(H,64,70)/b20-11+/t39-,48+,49-,52+/m0/s1. The zero-order valence-electron chi connectivity index (χ0n) is 44.4. The van der Waals surface area contributed by atoms with E-state index in [2.05, 4.69) is 25.9 Å². The van der Waals surface area contributed by atoms with Crippen molar-refractivity contribution in [3.8, 4) is 10.4 Å². The minimum atomic E-state index is -0.899. The van der Waals surface area contributed by atoms with Crippen LogP contribution in [0.1, 0.15) is 148 Å². The first-order valence-electron chi connectivity index (χ1n) is 27.1. The lowest BCUT2D eigenvalue weighted by Crippen LogP contribution is -2.58. The summed E-state index contributed by atoms with van der Waals surface area (Å²) in [7, 11) is 0. The number of likely N-dealkylation sites (tertiary alicyclic amines) is 3. The van der Waals surface area contributed by atoms with Gasteiger partial charge in [0.15, 0.2) is 0 Å². The number of β-amino-alcohol motifs (C(OH)–C–C–N with tert-alkyl or cyclic N) is 1. The first-order chi connectivity index (χ1) is 36.0. The van der Waals surface area contributed by atoms with Crippen LogP contribution in [0.15, 0.2) is 84.6 Å². The molecule has 1 spiro atoms. The highest BCUT2D eigenvalue weighted by Gasteiger charge is 2.46. The van der Waals surface area contributed by atoms with Crippen LogP contribution in [0, 0.1) is 29.6 Å². The largest absolute Gasteiger partial charge is 0.391 e. The van der Waals surface area contributed by atoms with Gasteiger partial charge in [-0.05, 0) is 141 Å². The third-order valence-electron chi connectivity index (χ3n) is 16.3. The lowest BCUT2D eigenvalue weighted by Gasteiger charge is -2.46. The van der Waals surface area contributed by atoms with Gasteiger partial charge >= 0.3 is 0 Å². The fourth-order valence-corrected chi connectivity index (χ4v) is 12.3. The summed E-state index contributed by atoms with van der Waals surface area (Å²) in [5.74, 6) is -0.752. The van der Waals surface area contributed by atoms with Crippen molar-refractivity contribution in [2.45, 2.75) is 136 Å². The van der Waals surface area contributed by atoms with E-state index < -0.39 is 23.6 Å². The van der Waals surface area contributed by atoms with Crippen LogP contribution in [-0.4, -0.2) is 123 Å². The Balaban J connectivity index is 0.747. The molecule has 6 amide bonds. The van der Waals surface area contributed by atoms with Crippen LogP contribution < -0.4 is 16.0 Å². The average molecular weight is 1040 g/mol. The Hall–Kier alpha value is -6.26. The lowest BCUT2D eigenvalue weighted by molar-refractivity contribution is -0.145. The Morgan fingerprint density at radius 1 is 0.827 bits per heavy atom. The van der Waals surface area contributed by atoms with Crippen LogP contribution in [0.2, 0.25) is 0 Å². The summed E-state index contributed by atoms with van der Waals surface area (Å²) in [5.41, 5.74) is 6.17. The number of rotatable bonds is 16. The summed E-state index contributed by atoms with van der Waals surface area (Å²) >= 11 is 1.58. The molecule has 3 aliphatic heterocycles. The second-order valence-electron chi connectivity index (χ2n) is 22.6. The third kappa shape index (κ3) is 14.0. The van der Waals surface area contributed by atoms with E-state index >= 15 is 0 Å². The van der Waals surface area contributed by atoms with Gasteiger partial charge in [-0.2, -0.15) is 0 Å². The summed E-state index contributed by atoms with van der Waals surface area (Å²) in [6.07, 6.45) is 15.6. The Morgan fingerprint density at radius 2 is 1.48 bits per heavy atom. The first kappa shape index (κ1) is 55.0. The van der Waals surface area contributed by atoms with Crippen LogP contribution in [0.25, 0.3) is 16.5 Å². The van der Waals surface area contributed by atoms with Crippen LogP contribution in [0.5, 0.6) is 0 Å². The van der Waals surface area contributed by atoms with Gasteiger partial charge in [0, 0.05) is 81.2 Å². The van der Waals surface area contributed by atoms with E-state index in [1.165, 1.54) is 11.0 Å². The number of carbonyl (C=O) groups is 6. The molecule has 1 aliphatic carbocycles. The number of thiazole rings is 1. The van der Waals surface area contributed by atoms with Gasteiger partial charge < -0.3 is 35.8 Å². The molecule has 4 fully saturated rings. The molecule has 8 rings (SSSR count). The maximum Gasteiger partial charge on any atom is 0.253 e. The van der Waals surface area contributed by atoms with Crippen LogP contribution in [0.4, 0.5) is 0 Å². The fourth-order valence-electron chi connectivity index (χ4n) is 11.5. The fraction of sp³-hybridized carbons (Fsp3) is 0.525. The number of aliphatic hydroxyl groups is 1. The van der Waals surface area contributed by atoms with Gasteiger partial charge in [-0.1, -0.05) is 63.9 Å². The topological polar surface area (TPSA) is 194 Å². The van der Waals surface area contributed by atoms with E-state index in [0.717, 1.165) is 85.0 Å². The van der Waals surface area contributed by atoms with E-state index in [1.807, 2.05) is 86.3 Å². The number of amides is 6. The second-order valence-corrected chi connectivity index (χ2v) is 23.5. The van der Waals surface area contributed by atoms with Crippen molar-refractivity contribution >= 4 is 52.9 Å². The predicted molar refractivity (Wildman–Crippen MR) is 291 cm³/mol. The first-order valence-corrected chi connectivity index (χ1v) is 28.0. The minimum Gasteiger partial charge on any atom is -0.391 e. The predicted octanol–water partition coefficient (Wildman–Crippen LogP) is 8.15. The third-order valence-corrected chi connectivity index (χ3v) is 17.3. The summed E-state index contributed by atoms with van der Waals surface area (Å²) in [6, 6.07) is 16.7. The van der Waals surface area contributed by atoms with Crippen molar-refractivity contribution in [3.63, 3.8) is 0 Å². The Labute approximate surface area is 446 Å². The van der Waals surface area contributed by atoms with Gasteiger partial charge in [0.2, 0.25) is 23.6 Å². The van der Waals surface area contributed by atoms with E-state index in [-0.39, 0.29) is 65.8 Å². The summed E-state index contributed by atoms with van der Waals surface area (Å²) < 4.78 is 0. The quantitative estimate of drug-likeness (QED) is 0.0633. The molecule has 3 saturated heterocycles. The molecule has 15 nitrogen and oxygen atoms in total. The van der Waals surface area contributed by atoms with E-state index in [1.54, 1.807) is 54.1 Å². The molecular weight excluding hydrogens is 965 g/mol. The highest BCUT2D eigenvalue weighted by Crippen LogP contribution is 2.47. The van der Waals surface area contributed by atoms with Gasteiger partial charge in [0.05, 0.1) is 28.2 Å². The Bertz CT molecular complexity index is 2640. The molecule has 400 valence electrons. The number of aliphatic hydroxyl groups excluding tert-OH is 1. The number of nitrogens with zero attached hydrogens (tertiary/aromatic N) is 5. The molecule has 5 heterocycles. The number of piperidine rings is 2. The van der Waals surface area contributed by atoms with Gasteiger partial charge in [0.1, 0.15) is 12.1 Å². The van der Waals surface area contributed by atoms with Crippen molar-refractivity contribution < 1.29 is 33.9 Å². The average Bonchev–Trinajstić information content (AvgIpc) is 4.04. The number of hydrogen-bond acceptors (Lipinski definition) is 10. The summed E-state index contributed by atoms with van der Waals surface area (Å²) in [6.45, 7) is 12.9. The Morgan fingerprint density at radius 3 is 2.08 bits per heavy atom.